The largest absolute Gasteiger partial charge is 0.497 e. The second-order valence-electron chi connectivity index (χ2n) is 9.63. The third kappa shape index (κ3) is 6.78. The molecule has 0 unspecified atom stereocenters. The van der Waals surface area contributed by atoms with Crippen LogP contribution in [0.5, 0.6) is 5.75 Å². The maximum absolute atomic E-state index is 11.6. The molecular weight excluding hydrogens is 476 g/mol. The highest BCUT2D eigenvalue weighted by atomic mass is 32.2. The number of aliphatic carboxylic acids is 1. The third-order valence-corrected chi connectivity index (χ3v) is 8.39. The fourth-order valence-electron chi connectivity index (χ4n) is 5.24. The summed E-state index contributed by atoms with van der Waals surface area (Å²) in [7, 11) is 3.63. The van der Waals surface area contributed by atoms with E-state index in [1.54, 1.807) is 25.1 Å². The van der Waals surface area contributed by atoms with Gasteiger partial charge in [-0.15, -0.1) is 11.8 Å². The van der Waals surface area contributed by atoms with E-state index in [0.717, 1.165) is 71.9 Å². The van der Waals surface area contributed by atoms with Crippen LogP contribution in [-0.2, 0) is 11.8 Å². The zero-order valence-electron chi connectivity index (χ0n) is 21.0. The highest BCUT2D eigenvalue weighted by Crippen LogP contribution is 2.35. The summed E-state index contributed by atoms with van der Waals surface area (Å²) in [6.45, 7) is 2.75. The van der Waals surface area contributed by atoms with Gasteiger partial charge >= 0.3 is 5.97 Å². The number of carbonyl (C=O) groups is 1. The Hall–Kier alpha value is -2.62. The number of aliphatic hydroxyl groups excluding tert-OH is 1. The summed E-state index contributed by atoms with van der Waals surface area (Å²) in [5, 5.41) is 22.7. The number of hydrogen-bond acceptors (Lipinski definition) is 7. The summed E-state index contributed by atoms with van der Waals surface area (Å²) in [4.78, 5) is 22.6. The van der Waals surface area contributed by atoms with Gasteiger partial charge < -0.3 is 24.4 Å². The van der Waals surface area contributed by atoms with Crippen LogP contribution < -0.4 is 4.74 Å². The lowest BCUT2D eigenvalue weighted by Gasteiger charge is -2.38. The van der Waals surface area contributed by atoms with Crippen molar-refractivity contribution in [3.63, 3.8) is 0 Å². The number of carboxylic acid groups (broad SMARTS) is 1. The van der Waals surface area contributed by atoms with Crippen molar-refractivity contribution < 1.29 is 19.7 Å². The molecule has 2 aromatic heterocycles. The Labute approximate surface area is 216 Å². The van der Waals surface area contributed by atoms with Crippen molar-refractivity contribution in [3.05, 3.63) is 48.5 Å². The molecule has 1 fully saturated rings. The van der Waals surface area contributed by atoms with Crippen molar-refractivity contribution in [3.8, 4) is 5.75 Å². The molecular formula is C27H36N4O4S. The van der Waals surface area contributed by atoms with Gasteiger partial charge in [-0.25, -0.2) is 4.98 Å². The van der Waals surface area contributed by atoms with Crippen LogP contribution in [0.15, 0.2) is 48.0 Å². The zero-order chi connectivity index (χ0) is 25.5. The van der Waals surface area contributed by atoms with Gasteiger partial charge in [-0.1, -0.05) is 0 Å². The Morgan fingerprint density at radius 2 is 2.17 bits per heavy atom. The van der Waals surface area contributed by atoms with Crippen LogP contribution in [0.4, 0.5) is 0 Å². The van der Waals surface area contributed by atoms with Crippen LogP contribution in [0.2, 0.25) is 0 Å². The molecule has 9 heteroatoms. The quantitative estimate of drug-likeness (QED) is 0.272. The average Bonchev–Trinajstić information content (AvgIpc) is 3.29. The number of thioether (sulfide) groups is 1. The molecule has 0 radical (unpaired) electrons. The van der Waals surface area contributed by atoms with Crippen LogP contribution in [0.25, 0.3) is 10.9 Å². The lowest BCUT2D eigenvalue weighted by atomic mass is 9.79. The topological polar surface area (TPSA) is 101 Å². The summed E-state index contributed by atoms with van der Waals surface area (Å²) in [5.41, 5.74) is 1.67. The lowest BCUT2D eigenvalue weighted by molar-refractivity contribution is -0.139. The normalized spacial score (nSPS) is 19.4. The SMILES string of the molecule is COc1ccc2nccc([C@H](O)CC[C@@H]3CCN(CCCSc4cncn4C)C[C@@H]3CC(=O)O)c2c1. The number of pyridine rings is 1. The minimum Gasteiger partial charge on any atom is -0.497 e. The number of likely N-dealkylation sites (tertiary alicyclic amines) is 1. The van der Waals surface area contributed by atoms with Crippen molar-refractivity contribution in [2.24, 2.45) is 18.9 Å². The number of fused-ring (bicyclic) bond motifs is 1. The molecule has 1 saturated heterocycles. The van der Waals surface area contributed by atoms with Crippen molar-refractivity contribution in [2.45, 2.75) is 43.2 Å². The van der Waals surface area contributed by atoms with E-state index in [1.807, 2.05) is 48.4 Å². The lowest BCUT2D eigenvalue weighted by Crippen LogP contribution is -2.42. The first-order chi connectivity index (χ1) is 17.4. The van der Waals surface area contributed by atoms with Gasteiger partial charge in [0.25, 0.3) is 0 Å². The number of carboxylic acids is 1. The van der Waals surface area contributed by atoms with Gasteiger partial charge in [0.2, 0.25) is 0 Å². The second-order valence-corrected chi connectivity index (χ2v) is 10.7. The number of hydrogen-bond donors (Lipinski definition) is 2. The summed E-state index contributed by atoms with van der Waals surface area (Å²) in [6, 6.07) is 7.55. The van der Waals surface area contributed by atoms with E-state index in [0.29, 0.717) is 12.3 Å². The smallest absolute Gasteiger partial charge is 0.303 e. The third-order valence-electron chi connectivity index (χ3n) is 7.21. The molecule has 4 rings (SSSR count). The van der Waals surface area contributed by atoms with Gasteiger partial charge in [-0.05, 0) is 80.4 Å². The van der Waals surface area contributed by atoms with Crippen LogP contribution in [0, 0.1) is 11.8 Å². The number of rotatable bonds is 12. The monoisotopic (exact) mass is 512 g/mol. The van der Waals surface area contributed by atoms with E-state index >= 15 is 0 Å². The number of methoxy groups -OCH3 is 1. The molecule has 1 aliphatic heterocycles. The fourth-order valence-corrected chi connectivity index (χ4v) is 6.10. The van der Waals surface area contributed by atoms with Crippen molar-refractivity contribution >= 4 is 28.6 Å². The summed E-state index contributed by atoms with van der Waals surface area (Å²) < 4.78 is 7.38. The molecule has 3 atom stereocenters. The number of piperidine rings is 1. The number of aliphatic hydroxyl groups is 1. The number of ether oxygens (including phenoxy) is 1. The van der Waals surface area contributed by atoms with E-state index in [9.17, 15) is 15.0 Å². The standard InChI is InChI=1S/C27H36N4O4S/c1-30-18-28-16-26(30)36-13-3-11-31-12-9-19(20(17-31)14-27(33)34)4-7-25(32)22-8-10-29-24-6-5-21(35-2)15-23(22)24/h5-6,8,10,15-16,18-20,25,32H,3-4,7,9,11-14,17H2,1-2H3,(H,33,34)/t19-,20+,25-/m1/s1. The van der Waals surface area contributed by atoms with Crippen molar-refractivity contribution in [1.29, 1.82) is 0 Å². The molecule has 3 aromatic rings. The summed E-state index contributed by atoms with van der Waals surface area (Å²) in [6.07, 6.45) is 8.39. The number of aryl methyl sites for hydroxylation is 1. The molecule has 1 aliphatic rings. The molecule has 0 spiro atoms. The van der Waals surface area contributed by atoms with E-state index in [4.69, 9.17) is 4.74 Å². The van der Waals surface area contributed by atoms with Crippen LogP contribution in [0.1, 0.15) is 43.8 Å². The summed E-state index contributed by atoms with van der Waals surface area (Å²) >= 11 is 1.81. The molecule has 194 valence electrons. The number of aromatic nitrogens is 3. The van der Waals surface area contributed by atoms with E-state index in [-0.39, 0.29) is 12.3 Å². The second kappa shape index (κ2) is 12.6. The highest BCUT2D eigenvalue weighted by molar-refractivity contribution is 7.99. The fraction of sp³-hybridized carbons (Fsp3) is 0.519. The predicted molar refractivity (Wildman–Crippen MR) is 141 cm³/mol. The van der Waals surface area contributed by atoms with E-state index < -0.39 is 12.1 Å². The van der Waals surface area contributed by atoms with Gasteiger partial charge in [0, 0.05) is 37.3 Å². The minimum atomic E-state index is -0.744. The van der Waals surface area contributed by atoms with Crippen LogP contribution in [-0.4, -0.2) is 68.1 Å². The molecule has 2 N–H and O–H groups in total. The molecule has 0 saturated carbocycles. The van der Waals surface area contributed by atoms with Crippen LogP contribution in [0.3, 0.4) is 0 Å². The number of imidazole rings is 1. The van der Waals surface area contributed by atoms with Gasteiger partial charge in [0.1, 0.15) is 5.75 Å². The first kappa shape index (κ1) is 26.4. The number of benzene rings is 1. The van der Waals surface area contributed by atoms with Crippen molar-refractivity contribution in [1.82, 2.24) is 19.4 Å². The Bertz CT molecular complexity index is 1150. The van der Waals surface area contributed by atoms with Gasteiger partial charge in [0.15, 0.2) is 0 Å². The Morgan fingerprint density at radius 1 is 1.31 bits per heavy atom. The zero-order valence-corrected chi connectivity index (χ0v) is 21.9. The van der Waals surface area contributed by atoms with Crippen LogP contribution >= 0.6 is 11.8 Å². The van der Waals surface area contributed by atoms with E-state index in [1.165, 1.54) is 0 Å². The van der Waals surface area contributed by atoms with Gasteiger partial charge in [0.05, 0.1) is 36.3 Å². The van der Waals surface area contributed by atoms with E-state index in [2.05, 4.69) is 14.9 Å². The predicted octanol–water partition coefficient (Wildman–Crippen LogP) is 4.39. The van der Waals surface area contributed by atoms with Gasteiger partial charge in [-0.2, -0.15) is 0 Å². The Kier molecular flexibility index (Phi) is 9.23. The summed E-state index contributed by atoms with van der Waals surface area (Å²) in [5.74, 6) is 1.39. The molecule has 0 amide bonds. The maximum atomic E-state index is 11.6. The van der Waals surface area contributed by atoms with Gasteiger partial charge in [-0.3, -0.25) is 9.78 Å². The van der Waals surface area contributed by atoms with Crippen molar-refractivity contribution in [2.75, 3.05) is 32.5 Å². The first-order valence-electron chi connectivity index (χ1n) is 12.6. The highest BCUT2D eigenvalue weighted by Gasteiger charge is 2.31. The molecule has 3 heterocycles. The first-order valence-corrected chi connectivity index (χ1v) is 13.6. The molecule has 0 bridgehead atoms. The molecule has 8 nitrogen and oxygen atoms in total. The Morgan fingerprint density at radius 3 is 2.92 bits per heavy atom. The molecule has 1 aromatic carbocycles. The minimum absolute atomic E-state index is 0.0995. The Balaban J connectivity index is 1.32. The average molecular weight is 513 g/mol. The molecule has 36 heavy (non-hydrogen) atoms. The molecule has 0 aliphatic carbocycles. The number of nitrogens with zero attached hydrogens (tertiary/aromatic N) is 4. The maximum Gasteiger partial charge on any atom is 0.303 e.